The van der Waals surface area contributed by atoms with Crippen molar-refractivity contribution >= 4 is 33.8 Å². The summed E-state index contributed by atoms with van der Waals surface area (Å²) in [6, 6.07) is 5.68. The molecule has 0 aliphatic carbocycles. The molecule has 0 atom stereocenters. The van der Waals surface area contributed by atoms with Crippen LogP contribution in [-0.4, -0.2) is 21.1 Å². The molecule has 3 rings (SSSR count). The summed E-state index contributed by atoms with van der Waals surface area (Å²) in [6.45, 7) is 3.74. The average Bonchev–Trinajstić information content (AvgIpc) is 2.96. The molecule has 3 aromatic rings. The van der Waals surface area contributed by atoms with Gasteiger partial charge in [0.25, 0.3) is 5.91 Å². The van der Waals surface area contributed by atoms with Gasteiger partial charge in [0.05, 0.1) is 28.1 Å². The van der Waals surface area contributed by atoms with Crippen molar-refractivity contribution in [3.63, 3.8) is 0 Å². The van der Waals surface area contributed by atoms with Gasteiger partial charge in [-0.2, -0.15) is 5.10 Å². The molecule has 2 heterocycles. The fourth-order valence-electron chi connectivity index (χ4n) is 1.99. The van der Waals surface area contributed by atoms with Gasteiger partial charge in [0.1, 0.15) is 4.88 Å². The summed E-state index contributed by atoms with van der Waals surface area (Å²) < 4.78 is 0. The van der Waals surface area contributed by atoms with Crippen LogP contribution in [0.1, 0.15) is 20.4 Å². The number of hydrogen-bond donors (Lipinski definition) is 2. The molecule has 0 unspecified atom stereocenters. The molecular weight excluding hydrogens is 260 g/mol. The van der Waals surface area contributed by atoms with E-state index in [1.165, 1.54) is 11.3 Å². The van der Waals surface area contributed by atoms with Gasteiger partial charge in [-0.05, 0) is 19.9 Å². The number of anilines is 1. The zero-order valence-electron chi connectivity index (χ0n) is 10.5. The number of aryl methyl sites for hydroxylation is 2. The summed E-state index contributed by atoms with van der Waals surface area (Å²) in [4.78, 5) is 17.1. The number of carbonyl (C=O) groups excluding carboxylic acids is 1. The number of benzene rings is 1. The van der Waals surface area contributed by atoms with Crippen molar-refractivity contribution in [2.24, 2.45) is 0 Å². The van der Waals surface area contributed by atoms with E-state index in [0.29, 0.717) is 4.88 Å². The van der Waals surface area contributed by atoms with Crippen molar-refractivity contribution in [2.45, 2.75) is 13.8 Å². The van der Waals surface area contributed by atoms with Gasteiger partial charge >= 0.3 is 0 Å². The van der Waals surface area contributed by atoms with Gasteiger partial charge < -0.3 is 5.32 Å². The maximum Gasteiger partial charge on any atom is 0.267 e. The second-order valence-corrected chi connectivity index (χ2v) is 5.44. The Bertz CT molecular complexity index is 759. The molecule has 0 spiro atoms. The third kappa shape index (κ3) is 2.10. The van der Waals surface area contributed by atoms with Crippen molar-refractivity contribution in [3.05, 3.63) is 40.0 Å². The van der Waals surface area contributed by atoms with Crippen molar-refractivity contribution < 1.29 is 4.79 Å². The molecule has 96 valence electrons. The lowest BCUT2D eigenvalue weighted by atomic mass is 10.2. The van der Waals surface area contributed by atoms with Crippen LogP contribution < -0.4 is 5.32 Å². The van der Waals surface area contributed by atoms with Gasteiger partial charge in [-0.25, -0.2) is 4.98 Å². The second kappa shape index (κ2) is 4.47. The average molecular weight is 272 g/mol. The molecule has 0 radical (unpaired) electrons. The third-order valence-electron chi connectivity index (χ3n) is 2.83. The molecule has 0 saturated heterocycles. The van der Waals surface area contributed by atoms with Crippen molar-refractivity contribution in [1.82, 2.24) is 15.2 Å². The molecular formula is C13H12N4OS. The number of para-hydroxylation sites is 1. The lowest BCUT2D eigenvalue weighted by molar-refractivity contribution is 0.103. The predicted octanol–water partition coefficient (Wildman–Crippen LogP) is 2.89. The van der Waals surface area contributed by atoms with Gasteiger partial charge in [0.15, 0.2) is 0 Å². The SMILES string of the molecule is Cc1nc(C)c(C(=O)Nc2cccc3cn[nH]c23)s1. The number of amides is 1. The molecule has 0 aliphatic heterocycles. The van der Waals surface area contributed by atoms with Gasteiger partial charge in [-0.3, -0.25) is 9.89 Å². The van der Waals surface area contributed by atoms with Crippen molar-refractivity contribution in [1.29, 1.82) is 0 Å². The van der Waals surface area contributed by atoms with Crippen LogP contribution in [0.4, 0.5) is 5.69 Å². The maximum atomic E-state index is 12.2. The Labute approximate surface area is 113 Å². The molecule has 5 nitrogen and oxygen atoms in total. The number of nitrogens with zero attached hydrogens (tertiary/aromatic N) is 2. The lowest BCUT2D eigenvalue weighted by Gasteiger charge is -2.04. The van der Waals surface area contributed by atoms with Crippen LogP contribution in [-0.2, 0) is 0 Å². The van der Waals surface area contributed by atoms with Crippen LogP contribution in [0.5, 0.6) is 0 Å². The van der Waals surface area contributed by atoms with E-state index in [4.69, 9.17) is 0 Å². The molecule has 0 bridgehead atoms. The number of thiazole rings is 1. The van der Waals surface area contributed by atoms with Gasteiger partial charge in [0.2, 0.25) is 0 Å². The zero-order valence-corrected chi connectivity index (χ0v) is 11.3. The molecule has 0 fully saturated rings. The van der Waals surface area contributed by atoms with E-state index in [2.05, 4.69) is 20.5 Å². The second-order valence-electron chi connectivity index (χ2n) is 4.24. The Balaban J connectivity index is 1.95. The minimum absolute atomic E-state index is 0.134. The highest BCUT2D eigenvalue weighted by molar-refractivity contribution is 7.13. The molecule has 1 amide bonds. The quantitative estimate of drug-likeness (QED) is 0.753. The molecule has 2 aromatic heterocycles. The van der Waals surface area contributed by atoms with E-state index in [1.54, 1.807) is 6.20 Å². The van der Waals surface area contributed by atoms with E-state index in [-0.39, 0.29) is 5.91 Å². The first-order valence-electron chi connectivity index (χ1n) is 5.82. The number of aromatic nitrogens is 3. The predicted molar refractivity (Wildman–Crippen MR) is 75.6 cm³/mol. The van der Waals surface area contributed by atoms with Crippen molar-refractivity contribution in [2.75, 3.05) is 5.32 Å². The summed E-state index contributed by atoms with van der Waals surface area (Å²) in [7, 11) is 0. The van der Waals surface area contributed by atoms with Gasteiger partial charge in [0, 0.05) is 5.39 Å². The number of carbonyl (C=O) groups is 1. The first-order valence-corrected chi connectivity index (χ1v) is 6.64. The van der Waals surface area contributed by atoms with Crippen molar-refractivity contribution in [3.8, 4) is 0 Å². The molecule has 19 heavy (non-hydrogen) atoms. The Morgan fingerprint density at radius 3 is 2.95 bits per heavy atom. The molecule has 0 saturated carbocycles. The number of aromatic amines is 1. The van der Waals surface area contributed by atoms with E-state index in [1.807, 2.05) is 32.0 Å². The molecule has 0 aliphatic rings. The number of fused-ring (bicyclic) bond motifs is 1. The number of nitrogens with one attached hydrogen (secondary N) is 2. The first-order chi connectivity index (χ1) is 9.15. The van der Waals surface area contributed by atoms with E-state index >= 15 is 0 Å². The summed E-state index contributed by atoms with van der Waals surface area (Å²) in [5.41, 5.74) is 2.32. The smallest absolute Gasteiger partial charge is 0.267 e. The van der Waals surface area contributed by atoms with E-state index in [0.717, 1.165) is 27.3 Å². The van der Waals surface area contributed by atoms with Crippen LogP contribution in [0.15, 0.2) is 24.4 Å². The fourth-order valence-corrected chi connectivity index (χ4v) is 2.81. The standard InChI is InChI=1S/C13H12N4OS/c1-7-12(19-8(2)15-7)13(18)16-10-5-3-4-9-6-14-17-11(9)10/h3-6H,1-2H3,(H,14,17)(H,16,18). The highest BCUT2D eigenvalue weighted by Gasteiger charge is 2.15. The Kier molecular flexibility index (Phi) is 2.79. The minimum Gasteiger partial charge on any atom is -0.319 e. The normalized spacial score (nSPS) is 10.8. The largest absolute Gasteiger partial charge is 0.319 e. The van der Waals surface area contributed by atoms with Crippen LogP contribution in [0.3, 0.4) is 0 Å². The summed E-state index contributed by atoms with van der Waals surface area (Å²) in [5, 5.41) is 11.6. The monoisotopic (exact) mass is 272 g/mol. The summed E-state index contributed by atoms with van der Waals surface area (Å²) in [6.07, 6.45) is 1.73. The van der Waals surface area contributed by atoms with Crippen LogP contribution >= 0.6 is 11.3 Å². The number of rotatable bonds is 2. The number of H-pyrrole nitrogens is 1. The fraction of sp³-hybridized carbons (Fsp3) is 0.154. The van der Waals surface area contributed by atoms with E-state index in [9.17, 15) is 4.79 Å². The van der Waals surface area contributed by atoms with E-state index < -0.39 is 0 Å². The van der Waals surface area contributed by atoms with Gasteiger partial charge in [-0.1, -0.05) is 12.1 Å². The molecule has 6 heteroatoms. The third-order valence-corrected chi connectivity index (χ3v) is 3.91. The first kappa shape index (κ1) is 11.9. The minimum atomic E-state index is -0.134. The van der Waals surface area contributed by atoms with Crippen LogP contribution in [0.25, 0.3) is 10.9 Å². The molecule has 1 aromatic carbocycles. The van der Waals surface area contributed by atoms with Crippen LogP contribution in [0, 0.1) is 13.8 Å². The Morgan fingerprint density at radius 2 is 2.21 bits per heavy atom. The highest BCUT2D eigenvalue weighted by Crippen LogP contribution is 2.23. The highest BCUT2D eigenvalue weighted by atomic mass is 32.1. The summed E-state index contributed by atoms with van der Waals surface area (Å²) in [5.74, 6) is -0.134. The zero-order chi connectivity index (χ0) is 13.4. The van der Waals surface area contributed by atoms with Gasteiger partial charge in [-0.15, -0.1) is 11.3 Å². The Hall–Kier alpha value is -2.21. The topological polar surface area (TPSA) is 70.7 Å². The maximum absolute atomic E-state index is 12.2. The lowest BCUT2D eigenvalue weighted by Crippen LogP contribution is -2.11. The summed E-state index contributed by atoms with van der Waals surface area (Å²) >= 11 is 1.40. The van der Waals surface area contributed by atoms with Crippen LogP contribution in [0.2, 0.25) is 0 Å². The Morgan fingerprint density at radius 1 is 1.37 bits per heavy atom. The number of hydrogen-bond acceptors (Lipinski definition) is 4. The molecule has 2 N–H and O–H groups in total.